The van der Waals surface area contributed by atoms with Crippen LogP contribution in [0.3, 0.4) is 0 Å². The third-order valence-corrected chi connectivity index (χ3v) is 3.75. The van der Waals surface area contributed by atoms with Gasteiger partial charge in [-0.25, -0.2) is 4.79 Å². The third-order valence-electron chi connectivity index (χ3n) is 3.75. The Bertz CT molecular complexity index is 977. The zero-order chi connectivity index (χ0) is 18.5. The lowest BCUT2D eigenvalue weighted by molar-refractivity contribution is -0.123. The molecule has 2 amide bonds. The molecule has 1 heterocycles. The number of carbonyl (C=O) groups is 3. The molecular formula is C19H16N2O5. The van der Waals surface area contributed by atoms with Gasteiger partial charge in [0.15, 0.2) is 6.61 Å². The number of benzene rings is 2. The first-order chi connectivity index (χ1) is 12.6. The summed E-state index contributed by atoms with van der Waals surface area (Å²) >= 11 is 0. The van der Waals surface area contributed by atoms with E-state index in [1.807, 2.05) is 12.1 Å². The smallest absolute Gasteiger partial charge is 0.340 e. The number of amides is 2. The van der Waals surface area contributed by atoms with Gasteiger partial charge in [0.25, 0.3) is 11.8 Å². The van der Waals surface area contributed by atoms with E-state index in [0.29, 0.717) is 16.7 Å². The second-order valence-electron chi connectivity index (χ2n) is 5.40. The summed E-state index contributed by atoms with van der Waals surface area (Å²) in [6.45, 7) is -0.570. The van der Waals surface area contributed by atoms with Crippen LogP contribution in [0.5, 0.6) is 5.75 Å². The topological polar surface area (TPSA) is 97.5 Å². The van der Waals surface area contributed by atoms with Crippen LogP contribution < -0.4 is 10.1 Å². The molecule has 3 rings (SSSR count). The molecule has 0 saturated carbocycles. The number of carbonyl (C=O) groups excluding carboxylic acids is 3. The van der Waals surface area contributed by atoms with E-state index in [1.54, 1.807) is 30.3 Å². The van der Waals surface area contributed by atoms with Crippen LogP contribution in [0.1, 0.15) is 20.7 Å². The van der Waals surface area contributed by atoms with E-state index in [2.05, 4.69) is 10.3 Å². The zero-order valence-electron chi connectivity index (χ0n) is 13.9. The van der Waals surface area contributed by atoms with Crippen molar-refractivity contribution in [2.24, 2.45) is 0 Å². The first-order valence-corrected chi connectivity index (χ1v) is 7.80. The van der Waals surface area contributed by atoms with Crippen LogP contribution in [0.25, 0.3) is 10.9 Å². The number of ether oxygens (including phenoxy) is 2. The van der Waals surface area contributed by atoms with Crippen molar-refractivity contribution in [3.63, 3.8) is 0 Å². The lowest BCUT2D eigenvalue weighted by Gasteiger charge is -2.08. The normalized spacial score (nSPS) is 10.3. The number of aromatic nitrogens is 1. The van der Waals surface area contributed by atoms with Crippen LogP contribution in [0.15, 0.2) is 54.7 Å². The van der Waals surface area contributed by atoms with Crippen molar-refractivity contribution in [3.8, 4) is 5.75 Å². The van der Waals surface area contributed by atoms with Gasteiger partial charge >= 0.3 is 5.97 Å². The van der Waals surface area contributed by atoms with Crippen LogP contribution in [0.2, 0.25) is 0 Å². The lowest BCUT2D eigenvalue weighted by atomic mass is 10.2. The van der Waals surface area contributed by atoms with E-state index in [-0.39, 0.29) is 5.56 Å². The van der Waals surface area contributed by atoms with Crippen molar-refractivity contribution < 1.29 is 23.9 Å². The first-order valence-electron chi connectivity index (χ1n) is 7.80. The second-order valence-corrected chi connectivity index (χ2v) is 5.40. The number of esters is 1. The van der Waals surface area contributed by atoms with Gasteiger partial charge < -0.3 is 14.5 Å². The van der Waals surface area contributed by atoms with Gasteiger partial charge in [-0.1, -0.05) is 30.3 Å². The molecule has 0 spiro atoms. The molecule has 7 heteroatoms. The number of methoxy groups -OCH3 is 1. The van der Waals surface area contributed by atoms with Gasteiger partial charge in [0.2, 0.25) is 0 Å². The number of para-hydroxylation sites is 2. The fraction of sp³-hybridized carbons (Fsp3) is 0.105. The fourth-order valence-corrected chi connectivity index (χ4v) is 2.51. The maximum absolute atomic E-state index is 12.2. The molecule has 0 fully saturated rings. The fourth-order valence-electron chi connectivity index (χ4n) is 2.51. The molecule has 0 atom stereocenters. The summed E-state index contributed by atoms with van der Waals surface area (Å²) in [6.07, 6.45) is 1.52. The Morgan fingerprint density at radius 1 is 1.00 bits per heavy atom. The van der Waals surface area contributed by atoms with Crippen LogP contribution in [0, 0.1) is 0 Å². The van der Waals surface area contributed by atoms with E-state index < -0.39 is 24.4 Å². The minimum Gasteiger partial charge on any atom is -0.496 e. The SMILES string of the molecule is COc1ccccc1C(=O)NC(=O)COC(=O)c1c[nH]c2ccccc12. The molecule has 0 saturated heterocycles. The number of hydrogen-bond donors (Lipinski definition) is 2. The zero-order valence-corrected chi connectivity index (χ0v) is 13.9. The summed E-state index contributed by atoms with van der Waals surface area (Å²) in [5.74, 6) is -1.67. The largest absolute Gasteiger partial charge is 0.496 e. The van der Waals surface area contributed by atoms with E-state index in [4.69, 9.17) is 9.47 Å². The molecule has 132 valence electrons. The Balaban J connectivity index is 1.60. The minimum atomic E-state index is -0.728. The van der Waals surface area contributed by atoms with Crippen LogP contribution in [-0.2, 0) is 9.53 Å². The molecular weight excluding hydrogens is 336 g/mol. The number of rotatable bonds is 5. The van der Waals surface area contributed by atoms with E-state index in [0.717, 1.165) is 5.52 Å². The standard InChI is InChI=1S/C19H16N2O5/c1-25-16-9-5-3-7-13(16)18(23)21-17(22)11-26-19(24)14-10-20-15-8-4-2-6-12(14)15/h2-10,20H,11H2,1H3,(H,21,22,23). The van der Waals surface area contributed by atoms with Crippen molar-refractivity contribution in [1.29, 1.82) is 0 Å². The highest BCUT2D eigenvalue weighted by molar-refractivity contribution is 6.08. The molecule has 3 aromatic rings. The van der Waals surface area contributed by atoms with Gasteiger partial charge in [-0.2, -0.15) is 0 Å². The lowest BCUT2D eigenvalue weighted by Crippen LogP contribution is -2.34. The maximum Gasteiger partial charge on any atom is 0.340 e. The quantitative estimate of drug-likeness (QED) is 0.687. The average molecular weight is 352 g/mol. The Morgan fingerprint density at radius 2 is 1.73 bits per heavy atom. The van der Waals surface area contributed by atoms with Gasteiger partial charge in [0, 0.05) is 17.1 Å². The van der Waals surface area contributed by atoms with Crippen molar-refractivity contribution in [3.05, 3.63) is 65.9 Å². The molecule has 2 N–H and O–H groups in total. The second kappa shape index (κ2) is 7.52. The summed E-state index contributed by atoms with van der Waals surface area (Å²) in [6, 6.07) is 13.7. The highest BCUT2D eigenvalue weighted by Crippen LogP contribution is 2.19. The summed E-state index contributed by atoms with van der Waals surface area (Å²) in [5, 5.41) is 2.86. The molecule has 26 heavy (non-hydrogen) atoms. The molecule has 0 bridgehead atoms. The van der Waals surface area contributed by atoms with Crippen molar-refractivity contribution >= 4 is 28.7 Å². The van der Waals surface area contributed by atoms with E-state index in [9.17, 15) is 14.4 Å². The number of aromatic amines is 1. The molecule has 1 aromatic heterocycles. The van der Waals surface area contributed by atoms with E-state index >= 15 is 0 Å². The highest BCUT2D eigenvalue weighted by atomic mass is 16.5. The van der Waals surface area contributed by atoms with E-state index in [1.165, 1.54) is 19.4 Å². The molecule has 0 aliphatic rings. The summed E-state index contributed by atoms with van der Waals surface area (Å²) in [4.78, 5) is 39.1. The number of fused-ring (bicyclic) bond motifs is 1. The summed E-state index contributed by atoms with van der Waals surface area (Å²) in [5.41, 5.74) is 1.33. The van der Waals surface area contributed by atoms with Crippen LogP contribution in [-0.4, -0.2) is 36.5 Å². The van der Waals surface area contributed by atoms with Gasteiger partial charge in [-0.15, -0.1) is 0 Å². The van der Waals surface area contributed by atoms with Gasteiger partial charge in [-0.05, 0) is 18.2 Å². The molecule has 7 nitrogen and oxygen atoms in total. The maximum atomic E-state index is 12.2. The highest BCUT2D eigenvalue weighted by Gasteiger charge is 2.18. The Morgan fingerprint density at radius 3 is 2.54 bits per heavy atom. The molecule has 2 aromatic carbocycles. The molecule has 0 aliphatic carbocycles. The van der Waals surface area contributed by atoms with Crippen molar-refractivity contribution in [1.82, 2.24) is 10.3 Å². The molecule has 0 radical (unpaired) electrons. The van der Waals surface area contributed by atoms with Crippen molar-refractivity contribution in [2.45, 2.75) is 0 Å². The number of H-pyrrole nitrogens is 1. The monoisotopic (exact) mass is 352 g/mol. The first kappa shape index (κ1) is 17.2. The van der Waals surface area contributed by atoms with Gasteiger partial charge in [-0.3, -0.25) is 14.9 Å². The van der Waals surface area contributed by atoms with Crippen molar-refractivity contribution in [2.75, 3.05) is 13.7 Å². The number of imide groups is 1. The molecule has 0 unspecified atom stereocenters. The Labute approximate surface area is 148 Å². The van der Waals surface area contributed by atoms with Crippen LogP contribution >= 0.6 is 0 Å². The minimum absolute atomic E-state index is 0.214. The average Bonchev–Trinajstić information content (AvgIpc) is 3.10. The van der Waals surface area contributed by atoms with Gasteiger partial charge in [0.1, 0.15) is 5.75 Å². The predicted octanol–water partition coefficient (Wildman–Crippen LogP) is 2.29. The number of nitrogens with one attached hydrogen (secondary N) is 2. The Kier molecular flexibility index (Phi) is 4.98. The predicted molar refractivity (Wildman–Crippen MR) is 94.0 cm³/mol. The molecule has 0 aliphatic heterocycles. The van der Waals surface area contributed by atoms with Crippen LogP contribution in [0.4, 0.5) is 0 Å². The number of hydrogen-bond acceptors (Lipinski definition) is 5. The van der Waals surface area contributed by atoms with Gasteiger partial charge in [0.05, 0.1) is 18.2 Å². The summed E-state index contributed by atoms with van der Waals surface area (Å²) < 4.78 is 10.1. The third kappa shape index (κ3) is 3.56. The Hall–Kier alpha value is -3.61. The summed E-state index contributed by atoms with van der Waals surface area (Å²) in [7, 11) is 1.43.